The molecule has 2 rings (SSSR count). The van der Waals surface area contributed by atoms with E-state index in [1.54, 1.807) is 30.3 Å². The van der Waals surface area contributed by atoms with Crippen molar-refractivity contribution < 1.29 is 9.50 Å². The summed E-state index contributed by atoms with van der Waals surface area (Å²) in [5.74, 6) is -0.366. The third-order valence-corrected chi connectivity index (χ3v) is 4.33. The van der Waals surface area contributed by atoms with Crippen LogP contribution in [0.15, 0.2) is 40.9 Å². The van der Waals surface area contributed by atoms with Crippen molar-refractivity contribution in [2.45, 2.75) is 12.5 Å². The summed E-state index contributed by atoms with van der Waals surface area (Å²) in [5, 5.41) is 11.0. The number of hydrogen-bond acceptors (Lipinski definition) is 1. The maximum atomic E-state index is 13.4. The van der Waals surface area contributed by atoms with E-state index in [0.29, 0.717) is 25.6 Å². The molecule has 0 aliphatic heterocycles. The van der Waals surface area contributed by atoms with E-state index in [9.17, 15) is 9.50 Å². The second-order valence-electron chi connectivity index (χ2n) is 4.07. The Morgan fingerprint density at radius 3 is 2.32 bits per heavy atom. The van der Waals surface area contributed by atoms with Crippen molar-refractivity contribution in [3.8, 4) is 0 Å². The lowest BCUT2D eigenvalue weighted by molar-refractivity contribution is 0.178. The molecule has 2 aromatic rings. The fourth-order valence-corrected chi connectivity index (χ4v) is 2.92. The van der Waals surface area contributed by atoms with Gasteiger partial charge in [0.15, 0.2) is 0 Å². The van der Waals surface area contributed by atoms with Crippen LogP contribution in [0.2, 0.25) is 10.0 Å². The lowest BCUT2D eigenvalue weighted by Gasteiger charge is -2.15. The Hall–Kier alpha value is -0.610. The Morgan fingerprint density at radius 2 is 1.68 bits per heavy atom. The summed E-state index contributed by atoms with van der Waals surface area (Å²) in [6.45, 7) is 0. The highest BCUT2D eigenvalue weighted by Crippen LogP contribution is 2.33. The molecule has 5 heteroatoms. The van der Waals surface area contributed by atoms with Crippen LogP contribution in [0.5, 0.6) is 0 Å². The first-order chi connectivity index (χ1) is 9.00. The maximum absolute atomic E-state index is 13.4. The summed E-state index contributed by atoms with van der Waals surface area (Å²) >= 11 is 15.2. The molecule has 0 spiro atoms. The van der Waals surface area contributed by atoms with Crippen LogP contribution in [0.3, 0.4) is 0 Å². The Bertz CT molecular complexity index is 584. The number of rotatable bonds is 3. The first-order valence-electron chi connectivity index (χ1n) is 5.55. The minimum Gasteiger partial charge on any atom is -0.388 e. The average Bonchev–Trinajstić information content (AvgIpc) is 2.35. The molecular weight excluding hydrogens is 354 g/mol. The smallest absolute Gasteiger partial charge is 0.137 e. The minimum atomic E-state index is -0.890. The predicted molar refractivity (Wildman–Crippen MR) is 79.2 cm³/mol. The van der Waals surface area contributed by atoms with Crippen molar-refractivity contribution in [1.82, 2.24) is 0 Å². The molecule has 0 saturated heterocycles. The fourth-order valence-electron chi connectivity index (χ4n) is 1.85. The van der Waals surface area contributed by atoms with Gasteiger partial charge in [-0.3, -0.25) is 0 Å². The Balaban J connectivity index is 2.31. The Kier molecular flexibility index (Phi) is 4.85. The van der Waals surface area contributed by atoms with Gasteiger partial charge >= 0.3 is 0 Å². The number of aliphatic hydroxyl groups is 1. The third-order valence-electron chi connectivity index (χ3n) is 2.78. The van der Waals surface area contributed by atoms with E-state index in [1.807, 2.05) is 0 Å². The lowest BCUT2D eigenvalue weighted by atomic mass is 10.0. The van der Waals surface area contributed by atoms with Crippen molar-refractivity contribution in [1.29, 1.82) is 0 Å². The highest BCUT2D eigenvalue weighted by molar-refractivity contribution is 9.10. The first kappa shape index (κ1) is 14.8. The van der Waals surface area contributed by atoms with Crippen LogP contribution >= 0.6 is 39.1 Å². The summed E-state index contributed by atoms with van der Waals surface area (Å²) in [5.41, 5.74) is 1.12. The van der Waals surface area contributed by atoms with E-state index in [-0.39, 0.29) is 12.2 Å². The molecule has 1 N–H and O–H groups in total. The highest BCUT2D eigenvalue weighted by Gasteiger charge is 2.17. The molecule has 0 bridgehead atoms. The zero-order valence-corrected chi connectivity index (χ0v) is 12.8. The number of hydrogen-bond donors (Lipinski definition) is 1. The van der Waals surface area contributed by atoms with Crippen LogP contribution in [0, 0.1) is 5.82 Å². The largest absolute Gasteiger partial charge is 0.388 e. The van der Waals surface area contributed by atoms with Gasteiger partial charge in [0.25, 0.3) is 0 Å². The second kappa shape index (κ2) is 6.23. The molecule has 19 heavy (non-hydrogen) atoms. The minimum absolute atomic E-state index is 0.224. The molecule has 0 aliphatic rings. The summed E-state index contributed by atoms with van der Waals surface area (Å²) in [4.78, 5) is 0. The SMILES string of the molecule is OC(Cc1cccc(F)c1Br)c1c(Cl)cccc1Cl. The van der Waals surface area contributed by atoms with Gasteiger partial charge in [-0.05, 0) is 39.7 Å². The topological polar surface area (TPSA) is 20.2 Å². The maximum Gasteiger partial charge on any atom is 0.137 e. The van der Waals surface area contributed by atoms with Gasteiger partial charge in [0.1, 0.15) is 5.82 Å². The molecule has 1 atom stereocenters. The van der Waals surface area contributed by atoms with E-state index >= 15 is 0 Å². The van der Waals surface area contributed by atoms with Gasteiger partial charge < -0.3 is 5.11 Å². The Labute approximate surface area is 129 Å². The van der Waals surface area contributed by atoms with E-state index < -0.39 is 6.10 Å². The Morgan fingerprint density at radius 1 is 1.11 bits per heavy atom. The van der Waals surface area contributed by atoms with Gasteiger partial charge in [0.05, 0.1) is 10.6 Å². The quantitative estimate of drug-likeness (QED) is 0.797. The van der Waals surface area contributed by atoms with Gasteiger partial charge in [-0.1, -0.05) is 41.4 Å². The van der Waals surface area contributed by atoms with Crippen LogP contribution in [-0.2, 0) is 6.42 Å². The monoisotopic (exact) mass is 362 g/mol. The van der Waals surface area contributed by atoms with Gasteiger partial charge in [0, 0.05) is 22.0 Å². The van der Waals surface area contributed by atoms with Gasteiger partial charge in [-0.2, -0.15) is 0 Å². The van der Waals surface area contributed by atoms with E-state index in [1.165, 1.54) is 6.07 Å². The lowest BCUT2D eigenvalue weighted by Crippen LogP contribution is -2.04. The molecule has 1 nitrogen and oxygen atoms in total. The molecule has 0 aliphatic carbocycles. The zero-order valence-electron chi connectivity index (χ0n) is 9.71. The second-order valence-corrected chi connectivity index (χ2v) is 5.68. The standard InChI is InChI=1S/C14H10BrCl2FO/c15-14-8(3-1-6-11(14)18)7-12(19)13-9(16)4-2-5-10(13)17/h1-6,12,19H,7H2. The molecule has 0 aromatic heterocycles. The zero-order chi connectivity index (χ0) is 14.0. The predicted octanol–water partition coefficient (Wildman–Crippen LogP) is 5.17. The number of aliphatic hydroxyl groups excluding tert-OH is 1. The van der Waals surface area contributed by atoms with Crippen LogP contribution in [0.1, 0.15) is 17.2 Å². The summed E-state index contributed by atoms with van der Waals surface area (Å²) in [6, 6.07) is 9.71. The molecule has 1 unspecified atom stereocenters. The molecule has 0 saturated carbocycles. The summed E-state index contributed by atoms with van der Waals surface area (Å²) in [6.07, 6.45) is -0.666. The van der Waals surface area contributed by atoms with E-state index in [2.05, 4.69) is 15.9 Å². The molecule has 100 valence electrons. The fraction of sp³-hybridized carbons (Fsp3) is 0.143. The first-order valence-corrected chi connectivity index (χ1v) is 7.10. The van der Waals surface area contributed by atoms with Gasteiger partial charge in [-0.25, -0.2) is 4.39 Å². The number of halogens is 4. The van der Waals surface area contributed by atoms with E-state index in [4.69, 9.17) is 23.2 Å². The highest BCUT2D eigenvalue weighted by atomic mass is 79.9. The normalized spacial score (nSPS) is 12.5. The van der Waals surface area contributed by atoms with E-state index in [0.717, 1.165) is 0 Å². The van der Waals surface area contributed by atoms with Crippen LogP contribution in [0.25, 0.3) is 0 Å². The number of benzene rings is 2. The van der Waals surface area contributed by atoms with Crippen molar-refractivity contribution in [3.05, 3.63) is 67.9 Å². The van der Waals surface area contributed by atoms with Crippen LogP contribution in [-0.4, -0.2) is 5.11 Å². The molecule has 2 aromatic carbocycles. The van der Waals surface area contributed by atoms with Crippen LogP contribution < -0.4 is 0 Å². The van der Waals surface area contributed by atoms with Crippen molar-refractivity contribution in [3.63, 3.8) is 0 Å². The summed E-state index contributed by atoms with van der Waals surface area (Å²) < 4.78 is 13.8. The average molecular weight is 364 g/mol. The molecule has 0 fully saturated rings. The molecule has 0 heterocycles. The third kappa shape index (κ3) is 3.29. The van der Waals surface area contributed by atoms with Gasteiger partial charge in [-0.15, -0.1) is 0 Å². The van der Waals surface area contributed by atoms with Crippen molar-refractivity contribution in [2.75, 3.05) is 0 Å². The molecule has 0 amide bonds. The van der Waals surface area contributed by atoms with Gasteiger partial charge in [0.2, 0.25) is 0 Å². The molecular formula is C14H10BrCl2FO. The van der Waals surface area contributed by atoms with Crippen molar-refractivity contribution in [2.24, 2.45) is 0 Å². The summed E-state index contributed by atoms with van der Waals surface area (Å²) in [7, 11) is 0. The van der Waals surface area contributed by atoms with Crippen LogP contribution in [0.4, 0.5) is 4.39 Å². The van der Waals surface area contributed by atoms with Crippen molar-refractivity contribution >= 4 is 39.1 Å². The molecule has 0 radical (unpaired) electrons.